The van der Waals surface area contributed by atoms with E-state index in [1.54, 1.807) is 30.5 Å². The van der Waals surface area contributed by atoms with Crippen LogP contribution in [0.3, 0.4) is 0 Å². The third kappa shape index (κ3) is 3.08. The summed E-state index contributed by atoms with van der Waals surface area (Å²) >= 11 is 6.18. The van der Waals surface area contributed by atoms with Gasteiger partial charge in [0.1, 0.15) is 0 Å². The van der Waals surface area contributed by atoms with Crippen LogP contribution >= 0.6 is 11.6 Å². The Kier molecular flexibility index (Phi) is 4.93. The van der Waals surface area contributed by atoms with E-state index in [2.05, 4.69) is 10.3 Å². The van der Waals surface area contributed by atoms with Crippen molar-refractivity contribution >= 4 is 11.6 Å². The van der Waals surface area contributed by atoms with Crippen molar-refractivity contribution in [2.24, 2.45) is 0 Å². The second kappa shape index (κ2) is 6.68. The number of nitrogens with one attached hydrogen (secondary N) is 1. The summed E-state index contributed by atoms with van der Waals surface area (Å²) in [6.45, 7) is 2.69. The number of benzene rings is 1. The SMILES string of the molecule is CCNC(c1ccc(OC)c(F)c1)c1ncccc1Cl. The number of rotatable bonds is 5. The number of methoxy groups -OCH3 is 1. The first-order valence-corrected chi connectivity index (χ1v) is 6.72. The maximum atomic E-state index is 13.9. The Morgan fingerprint density at radius 3 is 2.80 bits per heavy atom. The molecule has 1 aromatic carbocycles. The molecule has 0 aliphatic heterocycles. The van der Waals surface area contributed by atoms with Crippen molar-refractivity contribution in [3.05, 3.63) is 58.6 Å². The van der Waals surface area contributed by atoms with E-state index in [1.807, 2.05) is 6.92 Å². The van der Waals surface area contributed by atoms with Crippen LogP contribution < -0.4 is 10.1 Å². The summed E-state index contributed by atoms with van der Waals surface area (Å²) in [6.07, 6.45) is 1.67. The van der Waals surface area contributed by atoms with E-state index in [9.17, 15) is 4.39 Å². The first-order valence-electron chi connectivity index (χ1n) is 6.34. The number of aromatic nitrogens is 1. The second-order valence-electron chi connectivity index (χ2n) is 4.26. The lowest BCUT2D eigenvalue weighted by Crippen LogP contribution is -2.23. The van der Waals surface area contributed by atoms with Gasteiger partial charge < -0.3 is 10.1 Å². The highest BCUT2D eigenvalue weighted by molar-refractivity contribution is 6.31. The quantitative estimate of drug-likeness (QED) is 0.915. The van der Waals surface area contributed by atoms with Gasteiger partial charge in [0.15, 0.2) is 11.6 Å². The van der Waals surface area contributed by atoms with Crippen molar-refractivity contribution in [1.82, 2.24) is 10.3 Å². The predicted molar refractivity (Wildman–Crippen MR) is 77.7 cm³/mol. The molecular weight excluding hydrogens is 279 g/mol. The molecule has 0 aliphatic rings. The minimum absolute atomic E-state index is 0.219. The van der Waals surface area contributed by atoms with Gasteiger partial charge in [0.25, 0.3) is 0 Å². The van der Waals surface area contributed by atoms with Gasteiger partial charge in [-0.1, -0.05) is 24.6 Å². The van der Waals surface area contributed by atoms with E-state index >= 15 is 0 Å². The monoisotopic (exact) mass is 294 g/mol. The van der Waals surface area contributed by atoms with Crippen LogP contribution in [0.5, 0.6) is 5.75 Å². The maximum Gasteiger partial charge on any atom is 0.165 e. The average molecular weight is 295 g/mol. The maximum absolute atomic E-state index is 13.9. The molecule has 3 nitrogen and oxygen atoms in total. The summed E-state index contributed by atoms with van der Waals surface area (Å²) in [5, 5.41) is 3.82. The molecule has 0 aliphatic carbocycles. The topological polar surface area (TPSA) is 34.1 Å². The van der Waals surface area contributed by atoms with Gasteiger partial charge in [-0.25, -0.2) is 4.39 Å². The molecule has 2 rings (SSSR count). The van der Waals surface area contributed by atoms with Crippen LogP contribution in [0.4, 0.5) is 4.39 Å². The van der Waals surface area contributed by atoms with Crippen molar-refractivity contribution < 1.29 is 9.13 Å². The molecule has 1 heterocycles. The first-order chi connectivity index (χ1) is 9.67. The molecule has 0 saturated heterocycles. The van der Waals surface area contributed by atoms with Crippen LogP contribution in [0.15, 0.2) is 36.5 Å². The zero-order chi connectivity index (χ0) is 14.5. The van der Waals surface area contributed by atoms with Crippen molar-refractivity contribution in [3.63, 3.8) is 0 Å². The number of halogens is 2. The van der Waals surface area contributed by atoms with Crippen LogP contribution in [0.25, 0.3) is 0 Å². The molecule has 1 aromatic heterocycles. The van der Waals surface area contributed by atoms with E-state index in [0.29, 0.717) is 17.3 Å². The Morgan fingerprint density at radius 2 is 2.20 bits per heavy atom. The van der Waals surface area contributed by atoms with E-state index in [0.717, 1.165) is 5.56 Å². The molecule has 1 atom stereocenters. The number of pyridine rings is 1. The Labute approximate surface area is 122 Å². The van der Waals surface area contributed by atoms with E-state index in [4.69, 9.17) is 16.3 Å². The lowest BCUT2D eigenvalue weighted by molar-refractivity contribution is 0.385. The zero-order valence-electron chi connectivity index (χ0n) is 11.4. The fourth-order valence-corrected chi connectivity index (χ4v) is 2.28. The number of nitrogens with zero attached hydrogens (tertiary/aromatic N) is 1. The fourth-order valence-electron chi connectivity index (χ4n) is 2.05. The fraction of sp³-hybridized carbons (Fsp3) is 0.267. The first kappa shape index (κ1) is 14.8. The molecule has 0 bridgehead atoms. The summed E-state index contributed by atoms with van der Waals surface area (Å²) in [5.74, 6) is -0.184. The molecular formula is C15H16ClFN2O. The molecule has 0 amide bonds. The lowest BCUT2D eigenvalue weighted by atomic mass is 10.0. The summed E-state index contributed by atoms with van der Waals surface area (Å²) in [5.41, 5.74) is 1.44. The number of hydrogen-bond donors (Lipinski definition) is 1. The van der Waals surface area contributed by atoms with Gasteiger partial charge in [-0.3, -0.25) is 4.98 Å². The minimum atomic E-state index is -0.403. The van der Waals surface area contributed by atoms with Crippen molar-refractivity contribution in [2.45, 2.75) is 13.0 Å². The van der Waals surface area contributed by atoms with Crippen LogP contribution in [-0.2, 0) is 0 Å². The highest BCUT2D eigenvalue weighted by Crippen LogP contribution is 2.28. The molecule has 1 unspecified atom stereocenters. The molecule has 0 radical (unpaired) electrons. The number of ether oxygens (including phenoxy) is 1. The standard InChI is InChI=1S/C15H16ClFN2O/c1-3-18-14(15-11(16)5-4-8-19-15)10-6-7-13(20-2)12(17)9-10/h4-9,14,18H,3H2,1-2H3. The average Bonchev–Trinajstić information content (AvgIpc) is 2.46. The van der Waals surface area contributed by atoms with E-state index in [-0.39, 0.29) is 11.8 Å². The van der Waals surface area contributed by atoms with Gasteiger partial charge in [-0.2, -0.15) is 0 Å². The molecule has 5 heteroatoms. The van der Waals surface area contributed by atoms with Gasteiger partial charge in [0.05, 0.1) is 23.9 Å². The number of hydrogen-bond acceptors (Lipinski definition) is 3. The van der Waals surface area contributed by atoms with Crippen molar-refractivity contribution in [1.29, 1.82) is 0 Å². The predicted octanol–water partition coefficient (Wildman–Crippen LogP) is 3.58. The van der Waals surface area contributed by atoms with Crippen LogP contribution in [-0.4, -0.2) is 18.6 Å². The van der Waals surface area contributed by atoms with Gasteiger partial charge in [0.2, 0.25) is 0 Å². The second-order valence-corrected chi connectivity index (χ2v) is 4.66. The van der Waals surface area contributed by atoms with Gasteiger partial charge >= 0.3 is 0 Å². The molecule has 0 fully saturated rings. The third-order valence-electron chi connectivity index (χ3n) is 2.98. The highest BCUT2D eigenvalue weighted by atomic mass is 35.5. The molecule has 0 spiro atoms. The molecule has 20 heavy (non-hydrogen) atoms. The minimum Gasteiger partial charge on any atom is -0.494 e. The summed E-state index contributed by atoms with van der Waals surface area (Å²) in [4.78, 5) is 4.30. The van der Waals surface area contributed by atoms with E-state index in [1.165, 1.54) is 13.2 Å². The summed E-state index contributed by atoms with van der Waals surface area (Å²) in [7, 11) is 1.44. The van der Waals surface area contributed by atoms with Gasteiger partial charge in [-0.05, 0) is 36.4 Å². The third-order valence-corrected chi connectivity index (χ3v) is 3.30. The van der Waals surface area contributed by atoms with Gasteiger partial charge in [0, 0.05) is 6.20 Å². The molecule has 1 N–H and O–H groups in total. The highest BCUT2D eigenvalue weighted by Gasteiger charge is 2.18. The Balaban J connectivity index is 2.43. The zero-order valence-corrected chi connectivity index (χ0v) is 12.1. The summed E-state index contributed by atoms with van der Waals surface area (Å²) in [6, 6.07) is 8.13. The largest absolute Gasteiger partial charge is 0.494 e. The Bertz CT molecular complexity index is 592. The van der Waals surface area contributed by atoms with Gasteiger partial charge in [-0.15, -0.1) is 0 Å². The van der Waals surface area contributed by atoms with Crippen LogP contribution in [0.2, 0.25) is 5.02 Å². The molecule has 0 saturated carbocycles. The molecule has 106 valence electrons. The lowest BCUT2D eigenvalue weighted by Gasteiger charge is -2.19. The van der Waals surface area contributed by atoms with Crippen molar-refractivity contribution in [3.8, 4) is 5.75 Å². The molecule has 2 aromatic rings. The smallest absolute Gasteiger partial charge is 0.165 e. The van der Waals surface area contributed by atoms with Crippen LogP contribution in [0.1, 0.15) is 24.2 Å². The van der Waals surface area contributed by atoms with Crippen LogP contribution in [0, 0.1) is 5.82 Å². The normalized spacial score (nSPS) is 12.2. The van der Waals surface area contributed by atoms with E-state index < -0.39 is 5.82 Å². The summed E-state index contributed by atoms with van der Waals surface area (Å²) < 4.78 is 18.8. The Hall–Kier alpha value is -1.65. The Morgan fingerprint density at radius 1 is 1.40 bits per heavy atom. The van der Waals surface area contributed by atoms with Crippen molar-refractivity contribution in [2.75, 3.05) is 13.7 Å².